The van der Waals surface area contributed by atoms with Crippen molar-refractivity contribution in [3.05, 3.63) is 41.6 Å². The summed E-state index contributed by atoms with van der Waals surface area (Å²) in [6.45, 7) is 1.81. The molecular weight excluding hydrogens is 313 g/mol. The van der Waals surface area contributed by atoms with E-state index in [2.05, 4.69) is 15.4 Å². The highest BCUT2D eigenvalue weighted by atomic mass is 19.4. The molecule has 0 radical (unpaired) electrons. The standard InChI is InChI=1S/C14H13F3N4O2/c1-2-23-13(22)10-7-19-11(20-12(10)21-18)8-3-5-9(6-4-8)14(15,16)17/h3-7H,2,18H2,1H3,(H,19,20,21). The Balaban J connectivity index is 2.35. The first-order valence-electron chi connectivity index (χ1n) is 6.55. The van der Waals surface area contributed by atoms with Gasteiger partial charge in [0.15, 0.2) is 11.6 Å². The molecule has 9 heteroatoms. The number of halogens is 3. The van der Waals surface area contributed by atoms with E-state index in [1.807, 2.05) is 0 Å². The van der Waals surface area contributed by atoms with Gasteiger partial charge in [0.25, 0.3) is 0 Å². The molecule has 6 nitrogen and oxygen atoms in total. The zero-order chi connectivity index (χ0) is 17.0. The van der Waals surface area contributed by atoms with Gasteiger partial charge in [-0.25, -0.2) is 20.6 Å². The molecule has 0 atom stereocenters. The highest BCUT2D eigenvalue weighted by Crippen LogP contribution is 2.30. The number of hydrogen-bond donors (Lipinski definition) is 2. The molecule has 0 unspecified atom stereocenters. The van der Waals surface area contributed by atoms with Crippen molar-refractivity contribution in [2.24, 2.45) is 5.84 Å². The predicted molar refractivity (Wildman–Crippen MR) is 76.2 cm³/mol. The summed E-state index contributed by atoms with van der Waals surface area (Å²) in [4.78, 5) is 19.7. The molecule has 23 heavy (non-hydrogen) atoms. The number of rotatable bonds is 4. The van der Waals surface area contributed by atoms with Gasteiger partial charge in [-0.2, -0.15) is 13.2 Å². The Kier molecular flexibility index (Phi) is 4.80. The number of alkyl halides is 3. The molecular formula is C14H13F3N4O2. The molecule has 0 spiro atoms. The number of carbonyl (C=O) groups excluding carboxylic acids is 1. The van der Waals surface area contributed by atoms with Crippen molar-refractivity contribution in [1.29, 1.82) is 0 Å². The molecule has 0 aliphatic rings. The molecule has 0 saturated heterocycles. The average molecular weight is 326 g/mol. The number of aromatic nitrogens is 2. The lowest BCUT2D eigenvalue weighted by Crippen LogP contribution is -2.16. The SMILES string of the molecule is CCOC(=O)c1cnc(-c2ccc(C(F)(F)F)cc2)nc1NN. The normalized spacial score (nSPS) is 11.2. The Hall–Kier alpha value is -2.68. The monoisotopic (exact) mass is 326 g/mol. The van der Waals surface area contributed by atoms with Gasteiger partial charge in [-0.15, -0.1) is 0 Å². The van der Waals surface area contributed by atoms with Gasteiger partial charge in [0.2, 0.25) is 0 Å². The van der Waals surface area contributed by atoms with E-state index < -0.39 is 17.7 Å². The van der Waals surface area contributed by atoms with Crippen LogP contribution in [0.25, 0.3) is 11.4 Å². The molecule has 122 valence electrons. The zero-order valence-electron chi connectivity index (χ0n) is 12.0. The number of nitrogens with one attached hydrogen (secondary N) is 1. The highest BCUT2D eigenvalue weighted by Gasteiger charge is 2.30. The molecule has 1 aromatic carbocycles. The van der Waals surface area contributed by atoms with Crippen molar-refractivity contribution in [2.75, 3.05) is 12.0 Å². The lowest BCUT2D eigenvalue weighted by molar-refractivity contribution is -0.137. The van der Waals surface area contributed by atoms with Gasteiger partial charge < -0.3 is 10.2 Å². The number of hydrazine groups is 1. The summed E-state index contributed by atoms with van der Waals surface area (Å²) >= 11 is 0. The number of nitrogen functional groups attached to an aromatic ring is 1. The maximum Gasteiger partial charge on any atom is 0.416 e. The van der Waals surface area contributed by atoms with Crippen LogP contribution in [0.1, 0.15) is 22.8 Å². The van der Waals surface area contributed by atoms with Gasteiger partial charge in [0, 0.05) is 11.8 Å². The summed E-state index contributed by atoms with van der Waals surface area (Å²) in [6, 6.07) is 4.33. The second-order valence-corrected chi connectivity index (χ2v) is 4.40. The van der Waals surface area contributed by atoms with Crippen molar-refractivity contribution >= 4 is 11.8 Å². The molecule has 0 aliphatic carbocycles. The third-order valence-electron chi connectivity index (χ3n) is 2.89. The minimum absolute atomic E-state index is 0.0216. The van der Waals surface area contributed by atoms with E-state index in [1.54, 1.807) is 6.92 Å². The zero-order valence-corrected chi connectivity index (χ0v) is 12.0. The number of carbonyl (C=O) groups is 1. The minimum atomic E-state index is -4.42. The molecule has 2 aromatic rings. The summed E-state index contributed by atoms with van der Waals surface area (Å²) in [6.07, 6.45) is -3.22. The molecule has 0 aliphatic heterocycles. The summed E-state index contributed by atoms with van der Waals surface area (Å²) in [7, 11) is 0. The van der Waals surface area contributed by atoms with E-state index in [0.717, 1.165) is 12.1 Å². The van der Waals surface area contributed by atoms with Gasteiger partial charge in [-0.05, 0) is 19.1 Å². The maximum absolute atomic E-state index is 12.5. The maximum atomic E-state index is 12.5. The molecule has 0 fully saturated rings. The fraction of sp³-hybridized carbons (Fsp3) is 0.214. The van der Waals surface area contributed by atoms with E-state index in [-0.39, 0.29) is 23.8 Å². The fourth-order valence-corrected chi connectivity index (χ4v) is 1.80. The topological polar surface area (TPSA) is 90.1 Å². The quantitative estimate of drug-likeness (QED) is 0.510. The van der Waals surface area contributed by atoms with Crippen molar-refractivity contribution in [2.45, 2.75) is 13.1 Å². The number of esters is 1. The molecule has 0 amide bonds. The van der Waals surface area contributed by atoms with Crippen LogP contribution in [0.5, 0.6) is 0 Å². The molecule has 1 heterocycles. The number of nitrogens with two attached hydrogens (primary N) is 1. The largest absolute Gasteiger partial charge is 0.462 e. The lowest BCUT2D eigenvalue weighted by atomic mass is 10.1. The van der Waals surface area contributed by atoms with Gasteiger partial charge in [0.05, 0.1) is 12.2 Å². The van der Waals surface area contributed by atoms with Crippen LogP contribution in [0.2, 0.25) is 0 Å². The summed E-state index contributed by atoms with van der Waals surface area (Å²) in [5.41, 5.74) is 1.86. The van der Waals surface area contributed by atoms with E-state index in [1.165, 1.54) is 18.3 Å². The van der Waals surface area contributed by atoms with E-state index in [0.29, 0.717) is 5.56 Å². The van der Waals surface area contributed by atoms with Gasteiger partial charge >= 0.3 is 12.1 Å². The van der Waals surface area contributed by atoms with Crippen LogP contribution in [0.15, 0.2) is 30.5 Å². The Bertz CT molecular complexity index is 702. The van der Waals surface area contributed by atoms with E-state index in [9.17, 15) is 18.0 Å². The Morgan fingerprint density at radius 1 is 1.30 bits per heavy atom. The van der Waals surface area contributed by atoms with E-state index >= 15 is 0 Å². The summed E-state index contributed by atoms with van der Waals surface area (Å²) < 4.78 is 42.5. The average Bonchev–Trinajstić information content (AvgIpc) is 2.53. The Morgan fingerprint density at radius 2 is 1.96 bits per heavy atom. The third kappa shape index (κ3) is 3.75. The fourth-order valence-electron chi connectivity index (χ4n) is 1.80. The van der Waals surface area contributed by atoms with Crippen molar-refractivity contribution in [1.82, 2.24) is 9.97 Å². The minimum Gasteiger partial charge on any atom is -0.462 e. The number of benzene rings is 1. The first-order valence-corrected chi connectivity index (χ1v) is 6.55. The number of hydrogen-bond acceptors (Lipinski definition) is 6. The second kappa shape index (κ2) is 6.61. The molecule has 2 rings (SSSR count). The molecule has 1 aromatic heterocycles. The lowest BCUT2D eigenvalue weighted by Gasteiger charge is -2.10. The van der Waals surface area contributed by atoms with Gasteiger partial charge in [-0.1, -0.05) is 12.1 Å². The second-order valence-electron chi connectivity index (χ2n) is 4.40. The molecule has 0 bridgehead atoms. The number of nitrogens with zero attached hydrogens (tertiary/aromatic N) is 2. The molecule has 3 N–H and O–H groups in total. The van der Waals surface area contributed by atoms with Gasteiger partial charge in [-0.3, -0.25) is 0 Å². The Labute approximate surface area is 129 Å². The summed E-state index contributed by atoms with van der Waals surface area (Å²) in [5, 5.41) is 0. The highest BCUT2D eigenvalue weighted by molar-refractivity contribution is 5.94. The van der Waals surface area contributed by atoms with Crippen LogP contribution >= 0.6 is 0 Å². The van der Waals surface area contributed by atoms with Crippen LogP contribution in [0, 0.1) is 0 Å². The number of anilines is 1. The third-order valence-corrected chi connectivity index (χ3v) is 2.89. The Morgan fingerprint density at radius 3 is 2.48 bits per heavy atom. The van der Waals surface area contributed by atoms with Crippen LogP contribution in [0.3, 0.4) is 0 Å². The van der Waals surface area contributed by atoms with Crippen LogP contribution < -0.4 is 11.3 Å². The first kappa shape index (κ1) is 16.7. The van der Waals surface area contributed by atoms with Crippen molar-refractivity contribution in [3.63, 3.8) is 0 Å². The van der Waals surface area contributed by atoms with Crippen molar-refractivity contribution in [3.8, 4) is 11.4 Å². The first-order chi connectivity index (χ1) is 10.9. The van der Waals surface area contributed by atoms with Gasteiger partial charge in [0.1, 0.15) is 5.56 Å². The summed E-state index contributed by atoms with van der Waals surface area (Å²) in [5.74, 6) is 4.81. The van der Waals surface area contributed by atoms with Crippen LogP contribution in [-0.2, 0) is 10.9 Å². The van der Waals surface area contributed by atoms with Crippen LogP contribution in [-0.4, -0.2) is 22.5 Å². The number of ether oxygens (including phenoxy) is 1. The van der Waals surface area contributed by atoms with E-state index in [4.69, 9.17) is 10.6 Å². The van der Waals surface area contributed by atoms with Crippen molar-refractivity contribution < 1.29 is 22.7 Å². The smallest absolute Gasteiger partial charge is 0.416 e. The predicted octanol–water partition coefficient (Wildman–Crippen LogP) is 2.62. The molecule has 0 saturated carbocycles. The van der Waals surface area contributed by atoms with Crippen LogP contribution in [0.4, 0.5) is 19.0 Å².